The van der Waals surface area contributed by atoms with Gasteiger partial charge in [-0.1, -0.05) is 48.5 Å². The van der Waals surface area contributed by atoms with E-state index in [2.05, 4.69) is 0 Å². The van der Waals surface area contributed by atoms with Crippen molar-refractivity contribution in [3.63, 3.8) is 0 Å². The molecule has 0 aliphatic rings. The Morgan fingerprint density at radius 1 is 0.926 bits per heavy atom. The molecule has 0 heterocycles. The molecule has 0 saturated heterocycles. The van der Waals surface area contributed by atoms with Crippen LogP contribution in [0, 0.1) is 0 Å². The molecule has 0 aromatic heterocycles. The minimum atomic E-state index is -0.514. The van der Waals surface area contributed by atoms with Gasteiger partial charge in [0.2, 0.25) is 0 Å². The lowest BCUT2D eigenvalue weighted by molar-refractivity contribution is -0.133. The highest BCUT2D eigenvalue weighted by molar-refractivity contribution is 5.96. The smallest absolute Gasteiger partial charge is 0.338 e. The summed E-state index contributed by atoms with van der Waals surface area (Å²) < 4.78 is 10.5. The zero-order valence-corrected chi connectivity index (χ0v) is 15.3. The predicted octanol–water partition coefficient (Wildman–Crippen LogP) is 3.66. The average Bonchev–Trinajstić information content (AvgIpc) is 2.71. The van der Waals surface area contributed by atoms with E-state index in [1.165, 1.54) is 4.90 Å². The van der Waals surface area contributed by atoms with Gasteiger partial charge in [0, 0.05) is 19.2 Å². The van der Waals surface area contributed by atoms with Crippen LogP contribution in [0.4, 0.5) is 0 Å². The third-order valence-electron chi connectivity index (χ3n) is 4.34. The van der Waals surface area contributed by atoms with Crippen molar-refractivity contribution in [3.8, 4) is 5.75 Å². The summed E-state index contributed by atoms with van der Waals surface area (Å²) in [7, 11) is 3.25. The van der Waals surface area contributed by atoms with E-state index in [0.717, 1.165) is 16.3 Å². The Labute approximate surface area is 158 Å². The molecule has 5 nitrogen and oxygen atoms in total. The first-order chi connectivity index (χ1) is 13.1. The number of hydrogen-bond donors (Lipinski definition) is 0. The fraction of sp³-hybridized carbons (Fsp3) is 0.182. The van der Waals surface area contributed by atoms with Gasteiger partial charge in [0.15, 0.2) is 6.61 Å². The van der Waals surface area contributed by atoms with E-state index < -0.39 is 5.97 Å². The maximum absolute atomic E-state index is 12.3. The van der Waals surface area contributed by atoms with Crippen LogP contribution < -0.4 is 4.74 Å². The fourth-order valence-corrected chi connectivity index (χ4v) is 2.81. The Hall–Kier alpha value is -3.34. The molecule has 0 atom stereocenters. The van der Waals surface area contributed by atoms with Crippen LogP contribution in [0.15, 0.2) is 66.7 Å². The first-order valence-corrected chi connectivity index (χ1v) is 8.60. The summed E-state index contributed by atoms with van der Waals surface area (Å²) in [5, 5.41) is 1.99. The number of amides is 1. The number of para-hydroxylation sites is 1. The van der Waals surface area contributed by atoms with Gasteiger partial charge in [-0.2, -0.15) is 0 Å². The molecule has 5 heteroatoms. The third kappa shape index (κ3) is 4.44. The number of hydrogen-bond acceptors (Lipinski definition) is 4. The van der Waals surface area contributed by atoms with Gasteiger partial charge in [0.1, 0.15) is 5.75 Å². The molecule has 0 unspecified atom stereocenters. The van der Waals surface area contributed by atoms with Crippen LogP contribution in [-0.2, 0) is 16.1 Å². The summed E-state index contributed by atoms with van der Waals surface area (Å²) in [6, 6.07) is 20.6. The van der Waals surface area contributed by atoms with Crippen molar-refractivity contribution < 1.29 is 19.1 Å². The van der Waals surface area contributed by atoms with Gasteiger partial charge in [-0.15, -0.1) is 0 Å². The zero-order valence-electron chi connectivity index (χ0n) is 15.3. The van der Waals surface area contributed by atoms with Crippen LogP contribution >= 0.6 is 0 Å². The number of likely N-dealkylation sites (N-methyl/N-ethyl adjacent to an activating group) is 1. The quantitative estimate of drug-likeness (QED) is 0.627. The van der Waals surface area contributed by atoms with E-state index >= 15 is 0 Å². The van der Waals surface area contributed by atoms with Gasteiger partial charge in [-0.3, -0.25) is 4.79 Å². The molecule has 0 spiro atoms. The molecule has 0 bridgehead atoms. The molecule has 138 valence electrons. The van der Waals surface area contributed by atoms with E-state index in [0.29, 0.717) is 17.9 Å². The molecule has 0 N–H and O–H groups in total. The van der Waals surface area contributed by atoms with E-state index in [4.69, 9.17) is 9.47 Å². The van der Waals surface area contributed by atoms with Gasteiger partial charge in [0.05, 0.1) is 12.7 Å². The SMILES string of the molecule is COc1ccccc1CN(C)C(=O)COC(=O)c1ccc2ccccc2c1. The van der Waals surface area contributed by atoms with Crippen LogP contribution in [-0.4, -0.2) is 37.5 Å². The molecule has 3 aromatic carbocycles. The lowest BCUT2D eigenvalue weighted by Crippen LogP contribution is -2.31. The fourth-order valence-electron chi connectivity index (χ4n) is 2.81. The Kier molecular flexibility index (Phi) is 5.71. The average molecular weight is 363 g/mol. The van der Waals surface area contributed by atoms with Crippen molar-refractivity contribution in [1.29, 1.82) is 0 Å². The van der Waals surface area contributed by atoms with Crippen molar-refractivity contribution >= 4 is 22.6 Å². The van der Waals surface area contributed by atoms with E-state index in [1.54, 1.807) is 26.3 Å². The highest BCUT2D eigenvalue weighted by Gasteiger charge is 2.15. The molecule has 0 saturated carbocycles. The number of carbonyl (C=O) groups excluding carboxylic acids is 2. The lowest BCUT2D eigenvalue weighted by Gasteiger charge is -2.18. The van der Waals surface area contributed by atoms with E-state index in [-0.39, 0.29) is 12.5 Å². The Bertz CT molecular complexity index is 967. The maximum atomic E-state index is 12.3. The van der Waals surface area contributed by atoms with E-state index in [9.17, 15) is 9.59 Å². The van der Waals surface area contributed by atoms with Gasteiger partial charge in [-0.25, -0.2) is 4.79 Å². The monoisotopic (exact) mass is 363 g/mol. The van der Waals surface area contributed by atoms with Gasteiger partial charge in [-0.05, 0) is 29.0 Å². The highest BCUT2D eigenvalue weighted by atomic mass is 16.5. The number of rotatable bonds is 6. The van der Waals surface area contributed by atoms with Crippen LogP contribution in [0.3, 0.4) is 0 Å². The summed E-state index contributed by atoms with van der Waals surface area (Å²) in [4.78, 5) is 26.1. The minimum absolute atomic E-state index is 0.282. The first kappa shape index (κ1) is 18.5. The van der Waals surface area contributed by atoms with E-state index in [1.807, 2.05) is 54.6 Å². The summed E-state index contributed by atoms with van der Waals surface area (Å²) in [6.45, 7) is 0.0632. The van der Waals surface area contributed by atoms with Crippen molar-refractivity contribution in [2.24, 2.45) is 0 Å². The highest BCUT2D eigenvalue weighted by Crippen LogP contribution is 2.19. The van der Waals surface area contributed by atoms with Crippen molar-refractivity contribution in [3.05, 3.63) is 77.9 Å². The summed E-state index contributed by atoms with van der Waals surface area (Å²) in [5.41, 5.74) is 1.31. The number of esters is 1. The number of benzene rings is 3. The summed E-state index contributed by atoms with van der Waals surface area (Å²) in [5.74, 6) is -0.0832. The molecule has 0 fully saturated rings. The number of carbonyl (C=O) groups is 2. The Balaban J connectivity index is 1.59. The minimum Gasteiger partial charge on any atom is -0.496 e. The summed E-state index contributed by atoms with van der Waals surface area (Å²) >= 11 is 0. The molecule has 1 amide bonds. The molecule has 27 heavy (non-hydrogen) atoms. The largest absolute Gasteiger partial charge is 0.496 e. The van der Waals surface area contributed by atoms with Crippen molar-refractivity contribution in [2.75, 3.05) is 20.8 Å². The number of fused-ring (bicyclic) bond motifs is 1. The molecule has 0 aliphatic carbocycles. The molecular weight excluding hydrogens is 342 g/mol. The number of methoxy groups -OCH3 is 1. The molecule has 3 aromatic rings. The Morgan fingerprint density at radius 3 is 2.41 bits per heavy atom. The predicted molar refractivity (Wildman–Crippen MR) is 104 cm³/mol. The third-order valence-corrected chi connectivity index (χ3v) is 4.34. The Morgan fingerprint density at radius 2 is 1.63 bits per heavy atom. The van der Waals surface area contributed by atoms with Gasteiger partial charge < -0.3 is 14.4 Å². The number of nitrogens with zero attached hydrogens (tertiary/aromatic N) is 1. The molecule has 3 rings (SSSR count). The van der Waals surface area contributed by atoms with Gasteiger partial charge in [0.25, 0.3) is 5.91 Å². The van der Waals surface area contributed by atoms with Crippen LogP contribution in [0.25, 0.3) is 10.8 Å². The van der Waals surface area contributed by atoms with Crippen molar-refractivity contribution in [2.45, 2.75) is 6.54 Å². The van der Waals surface area contributed by atoms with Crippen molar-refractivity contribution in [1.82, 2.24) is 4.90 Å². The lowest BCUT2D eigenvalue weighted by atomic mass is 10.1. The van der Waals surface area contributed by atoms with Gasteiger partial charge >= 0.3 is 5.97 Å². The first-order valence-electron chi connectivity index (χ1n) is 8.60. The maximum Gasteiger partial charge on any atom is 0.338 e. The van der Waals surface area contributed by atoms with Crippen LogP contribution in [0.5, 0.6) is 5.75 Å². The second kappa shape index (κ2) is 8.36. The summed E-state index contributed by atoms with van der Waals surface area (Å²) in [6.07, 6.45) is 0. The molecule has 0 aliphatic heterocycles. The molecular formula is C22H21NO4. The van der Waals surface area contributed by atoms with Crippen LogP contribution in [0.1, 0.15) is 15.9 Å². The van der Waals surface area contributed by atoms with Crippen LogP contribution in [0.2, 0.25) is 0 Å². The number of ether oxygens (including phenoxy) is 2. The molecule has 0 radical (unpaired) electrons. The normalized spacial score (nSPS) is 10.4. The zero-order chi connectivity index (χ0) is 19.2. The second-order valence-corrected chi connectivity index (χ2v) is 6.20. The topological polar surface area (TPSA) is 55.8 Å². The second-order valence-electron chi connectivity index (χ2n) is 6.20. The standard InChI is InChI=1S/C22H21NO4/c1-23(14-19-9-5-6-10-20(19)26-2)21(24)15-27-22(25)18-12-11-16-7-3-4-8-17(16)13-18/h3-13H,14-15H2,1-2H3.